The van der Waals surface area contributed by atoms with Gasteiger partial charge in [-0.3, -0.25) is 13.8 Å². The molecule has 4 fully saturated rings. The molecule has 1 amide bonds. The maximum Gasteiger partial charge on any atom is 0.240 e. The van der Waals surface area contributed by atoms with Crippen LogP contribution in [0.4, 0.5) is 0 Å². The second-order valence-corrected chi connectivity index (χ2v) is 13.8. The van der Waals surface area contributed by atoms with Crippen LogP contribution in [0.1, 0.15) is 46.1 Å². The summed E-state index contributed by atoms with van der Waals surface area (Å²) in [7, 11) is -1.08. The van der Waals surface area contributed by atoms with Crippen LogP contribution >= 0.6 is 0 Å². The van der Waals surface area contributed by atoms with Gasteiger partial charge in [-0.2, -0.15) is 5.06 Å². The summed E-state index contributed by atoms with van der Waals surface area (Å²) >= 11 is 0. The monoisotopic (exact) mass is 554 g/mol. The zero-order valence-electron chi connectivity index (χ0n) is 23.5. The molecule has 2 aromatic carbocycles. The number of nitrogens with one attached hydrogen (secondary N) is 1. The summed E-state index contributed by atoms with van der Waals surface area (Å²) in [5.74, 6) is 0.889. The van der Waals surface area contributed by atoms with Gasteiger partial charge in [0.25, 0.3) is 0 Å². The van der Waals surface area contributed by atoms with Crippen LogP contribution in [0.5, 0.6) is 0 Å². The van der Waals surface area contributed by atoms with Gasteiger partial charge in [-0.1, -0.05) is 51.1 Å². The molecule has 1 saturated heterocycles. The molecule has 1 heterocycles. The Kier molecular flexibility index (Phi) is 8.06. The van der Waals surface area contributed by atoms with Crippen LogP contribution < -0.4 is 5.32 Å². The fourth-order valence-electron chi connectivity index (χ4n) is 7.37. The van der Waals surface area contributed by atoms with Gasteiger partial charge in [-0.05, 0) is 77.8 Å². The SMILES string of the molecule is C[C@@H]1[C@@H](NC(=O)[C@@H]2[C@H]([C@H](C)O)[C@H](CO)ON2Cc2cccc(-c3cccc(S(C)=O)c3)c2)C[C@H]2C[C@@H]1C2(C)C. The lowest BCUT2D eigenvalue weighted by Crippen LogP contribution is -2.62. The van der Waals surface area contributed by atoms with Crippen molar-refractivity contribution in [1.29, 1.82) is 0 Å². The third-order valence-electron chi connectivity index (χ3n) is 9.83. The summed E-state index contributed by atoms with van der Waals surface area (Å²) in [6, 6.07) is 15.0. The predicted molar refractivity (Wildman–Crippen MR) is 152 cm³/mol. The number of hydroxylamine groups is 2. The number of carbonyl (C=O) groups excluding carboxylic acids is 1. The van der Waals surface area contributed by atoms with Crippen LogP contribution in [0.15, 0.2) is 53.4 Å². The molecule has 7 nitrogen and oxygen atoms in total. The maximum absolute atomic E-state index is 13.9. The van der Waals surface area contributed by atoms with Gasteiger partial charge in [0.05, 0.1) is 19.3 Å². The molecule has 9 atom stereocenters. The minimum Gasteiger partial charge on any atom is -0.394 e. The summed E-state index contributed by atoms with van der Waals surface area (Å²) in [6.07, 6.45) is 2.37. The van der Waals surface area contributed by atoms with Crippen LogP contribution in [0.25, 0.3) is 11.1 Å². The predicted octanol–water partition coefficient (Wildman–Crippen LogP) is 3.75. The lowest BCUT2D eigenvalue weighted by atomic mass is 9.45. The number of rotatable bonds is 8. The summed E-state index contributed by atoms with van der Waals surface area (Å²) in [4.78, 5) is 20.7. The van der Waals surface area contributed by atoms with E-state index in [2.05, 4.69) is 26.1 Å². The van der Waals surface area contributed by atoms with Gasteiger partial charge in [0, 0.05) is 33.9 Å². The number of carbonyl (C=O) groups is 1. The van der Waals surface area contributed by atoms with Crippen LogP contribution in [0, 0.1) is 29.1 Å². The summed E-state index contributed by atoms with van der Waals surface area (Å²) in [6.45, 7) is 8.63. The molecule has 3 N–H and O–H groups in total. The summed E-state index contributed by atoms with van der Waals surface area (Å²) in [5.41, 5.74) is 3.20. The Morgan fingerprint density at radius 1 is 1.18 bits per heavy atom. The molecule has 6 rings (SSSR count). The Bertz CT molecular complexity index is 1230. The number of aliphatic hydroxyl groups is 2. The average molecular weight is 555 g/mol. The number of nitrogens with zero attached hydrogens (tertiary/aromatic N) is 1. The summed E-state index contributed by atoms with van der Waals surface area (Å²) in [5, 5.41) is 25.7. The second kappa shape index (κ2) is 11.1. The quantitative estimate of drug-likeness (QED) is 0.460. The fourth-order valence-corrected chi connectivity index (χ4v) is 7.93. The van der Waals surface area contributed by atoms with Gasteiger partial charge >= 0.3 is 0 Å². The molecule has 2 aromatic rings. The Morgan fingerprint density at radius 2 is 1.87 bits per heavy atom. The number of fused-ring (bicyclic) bond motifs is 2. The van der Waals surface area contributed by atoms with E-state index in [9.17, 15) is 19.2 Å². The lowest BCUT2D eigenvalue weighted by Gasteiger charge is -2.62. The van der Waals surface area contributed by atoms with Crippen molar-refractivity contribution in [2.45, 2.75) is 76.3 Å². The first-order chi connectivity index (χ1) is 18.5. The highest BCUT2D eigenvalue weighted by atomic mass is 32.2. The lowest BCUT2D eigenvalue weighted by molar-refractivity contribution is -0.183. The van der Waals surface area contributed by atoms with E-state index in [4.69, 9.17) is 4.84 Å². The molecule has 3 saturated carbocycles. The maximum atomic E-state index is 13.9. The van der Waals surface area contributed by atoms with E-state index in [0.717, 1.165) is 28.0 Å². The second-order valence-electron chi connectivity index (χ2n) is 12.4. The van der Waals surface area contributed by atoms with E-state index in [0.29, 0.717) is 29.7 Å². The van der Waals surface area contributed by atoms with Crippen LogP contribution in [0.3, 0.4) is 0 Å². The van der Waals surface area contributed by atoms with E-state index in [1.165, 1.54) is 6.42 Å². The Balaban J connectivity index is 1.37. The molecule has 0 spiro atoms. The molecule has 2 bridgehead atoms. The van der Waals surface area contributed by atoms with Crippen molar-refractivity contribution in [3.05, 3.63) is 54.1 Å². The van der Waals surface area contributed by atoms with E-state index < -0.39 is 35.0 Å². The van der Waals surface area contributed by atoms with Crippen LogP contribution in [-0.4, -0.2) is 62.5 Å². The molecule has 4 aliphatic rings. The zero-order valence-corrected chi connectivity index (χ0v) is 24.4. The molecule has 1 unspecified atom stereocenters. The third kappa shape index (κ3) is 5.34. The van der Waals surface area contributed by atoms with Gasteiger partial charge in [0.15, 0.2) is 0 Å². The Labute approximate surface area is 234 Å². The van der Waals surface area contributed by atoms with Crippen molar-refractivity contribution in [2.75, 3.05) is 12.9 Å². The van der Waals surface area contributed by atoms with Crippen molar-refractivity contribution in [1.82, 2.24) is 10.4 Å². The number of hydrogen-bond donors (Lipinski definition) is 3. The van der Waals surface area contributed by atoms with Crippen molar-refractivity contribution >= 4 is 16.7 Å². The van der Waals surface area contributed by atoms with Gasteiger partial charge < -0.3 is 15.5 Å². The molecule has 3 aliphatic carbocycles. The highest BCUT2D eigenvalue weighted by Gasteiger charge is 2.57. The molecule has 212 valence electrons. The average Bonchev–Trinajstić information content (AvgIpc) is 3.28. The van der Waals surface area contributed by atoms with Crippen LogP contribution in [0.2, 0.25) is 0 Å². The molecule has 1 aliphatic heterocycles. The largest absolute Gasteiger partial charge is 0.394 e. The smallest absolute Gasteiger partial charge is 0.240 e. The first kappa shape index (κ1) is 28.4. The normalized spacial score (nSPS) is 33.3. The number of hydrogen-bond acceptors (Lipinski definition) is 6. The minimum atomic E-state index is -1.08. The molecule has 8 heteroatoms. The Morgan fingerprint density at radius 3 is 2.49 bits per heavy atom. The molecular formula is C31H42N2O5S. The number of aliphatic hydroxyl groups excluding tert-OH is 2. The van der Waals surface area contributed by atoms with E-state index in [1.807, 2.05) is 48.5 Å². The highest BCUT2D eigenvalue weighted by molar-refractivity contribution is 7.84. The molecule has 0 radical (unpaired) electrons. The minimum absolute atomic E-state index is 0.0960. The van der Waals surface area contributed by atoms with Crippen molar-refractivity contribution in [3.63, 3.8) is 0 Å². The van der Waals surface area contributed by atoms with E-state index in [-0.39, 0.29) is 18.6 Å². The van der Waals surface area contributed by atoms with E-state index in [1.54, 1.807) is 18.2 Å². The first-order valence-corrected chi connectivity index (χ1v) is 15.6. The zero-order chi connectivity index (χ0) is 28.1. The van der Waals surface area contributed by atoms with Gasteiger partial charge in [-0.25, -0.2) is 0 Å². The van der Waals surface area contributed by atoms with Crippen molar-refractivity contribution < 1.29 is 24.1 Å². The van der Waals surface area contributed by atoms with E-state index >= 15 is 0 Å². The molecule has 39 heavy (non-hydrogen) atoms. The van der Waals surface area contributed by atoms with Crippen molar-refractivity contribution in [2.24, 2.45) is 29.1 Å². The number of amides is 1. The first-order valence-electron chi connectivity index (χ1n) is 14.1. The third-order valence-corrected chi connectivity index (χ3v) is 10.7. The number of benzene rings is 2. The highest BCUT2D eigenvalue weighted by Crippen LogP contribution is 2.61. The standard InChI is InChI=1S/C31H42N2O5S/c1-18-25-14-23(31(25,3)4)15-26(18)32-30(36)29-28(19(2)35)27(17-34)38-33(29)16-20-8-6-9-21(12-20)22-10-7-11-24(13-22)39(5)37/h6-13,18-19,23,25-29,34-35H,14-17H2,1-5H3,(H,32,36)/t18-,19-,23+,25-,26-,27-,28+,29-,39?/m0/s1. The van der Waals surface area contributed by atoms with Crippen molar-refractivity contribution in [3.8, 4) is 11.1 Å². The van der Waals surface area contributed by atoms with Gasteiger partial charge in [-0.15, -0.1) is 0 Å². The Hall–Kier alpha value is -2.10. The van der Waals surface area contributed by atoms with Gasteiger partial charge in [0.2, 0.25) is 5.91 Å². The van der Waals surface area contributed by atoms with Crippen LogP contribution in [-0.2, 0) is 27.0 Å². The topological polar surface area (TPSA) is 99.1 Å². The van der Waals surface area contributed by atoms with Gasteiger partial charge in [0.1, 0.15) is 12.1 Å². The molecular weight excluding hydrogens is 512 g/mol. The fraction of sp³-hybridized carbons (Fsp3) is 0.581. The molecule has 0 aromatic heterocycles. The summed E-state index contributed by atoms with van der Waals surface area (Å²) < 4.78 is 12.0.